The molecule has 10 nitrogen and oxygen atoms in total. The maximum Gasteiger partial charge on any atom is 0.270 e. The van der Waals surface area contributed by atoms with Crippen LogP contribution in [0.5, 0.6) is 5.88 Å². The molecular formula is C26H23N5O5. The number of likely N-dealkylation sites (N-methyl/N-ethyl adjacent to an activating group) is 1. The number of aromatic nitrogens is 1. The molecule has 0 aliphatic rings. The van der Waals surface area contributed by atoms with Crippen LogP contribution in [-0.4, -0.2) is 46.1 Å². The number of H-pyrrole nitrogens is 1. The molecular weight excluding hydrogens is 462 g/mol. The van der Waals surface area contributed by atoms with Crippen LogP contribution in [0, 0.1) is 10.1 Å². The Morgan fingerprint density at radius 1 is 1.08 bits per heavy atom. The van der Waals surface area contributed by atoms with Gasteiger partial charge < -0.3 is 20.3 Å². The molecule has 0 bridgehead atoms. The highest BCUT2D eigenvalue weighted by atomic mass is 16.6. The Morgan fingerprint density at radius 3 is 2.42 bits per heavy atom. The first-order valence-corrected chi connectivity index (χ1v) is 11.0. The summed E-state index contributed by atoms with van der Waals surface area (Å²) >= 11 is 0. The Hall–Kier alpha value is -4.99. The highest BCUT2D eigenvalue weighted by Crippen LogP contribution is 2.33. The lowest BCUT2D eigenvalue weighted by atomic mass is 10.0. The first-order valence-electron chi connectivity index (χ1n) is 11.0. The van der Waals surface area contributed by atoms with Gasteiger partial charge in [-0.05, 0) is 30.3 Å². The van der Waals surface area contributed by atoms with Gasteiger partial charge >= 0.3 is 0 Å². The lowest BCUT2D eigenvalue weighted by Gasteiger charge is -2.17. The Balaban J connectivity index is 1.76. The van der Waals surface area contributed by atoms with E-state index in [1.54, 1.807) is 37.4 Å². The topological polar surface area (TPSA) is 141 Å². The number of non-ortho nitro benzene ring substituents is 1. The SMILES string of the molecule is CC(=O)NCC(=O)N(C)c1ccc(N=C(c2ccccc2)c2c(O)[nH]c3ccc([N+](=O)[O-])cc23)cc1. The van der Waals surface area contributed by atoms with Crippen LogP contribution in [0.25, 0.3) is 10.9 Å². The third-order valence-electron chi connectivity index (χ3n) is 5.60. The number of nitrogens with zero attached hydrogens (tertiary/aromatic N) is 3. The summed E-state index contributed by atoms with van der Waals surface area (Å²) in [5.41, 5.74) is 3.04. The van der Waals surface area contributed by atoms with Gasteiger partial charge in [0, 0.05) is 48.3 Å². The minimum Gasteiger partial charge on any atom is -0.494 e. The van der Waals surface area contributed by atoms with Crippen molar-refractivity contribution in [3.05, 3.63) is 94.0 Å². The van der Waals surface area contributed by atoms with Gasteiger partial charge in [0.2, 0.25) is 11.8 Å². The predicted molar refractivity (Wildman–Crippen MR) is 137 cm³/mol. The molecule has 1 heterocycles. The molecule has 0 radical (unpaired) electrons. The first-order chi connectivity index (χ1) is 17.2. The van der Waals surface area contributed by atoms with Crippen molar-refractivity contribution in [2.75, 3.05) is 18.5 Å². The van der Waals surface area contributed by atoms with E-state index in [1.807, 2.05) is 30.3 Å². The summed E-state index contributed by atoms with van der Waals surface area (Å²) in [6.45, 7) is 1.23. The quantitative estimate of drug-likeness (QED) is 0.206. The van der Waals surface area contributed by atoms with Crippen molar-refractivity contribution in [2.45, 2.75) is 6.92 Å². The Kier molecular flexibility index (Phi) is 6.77. The normalized spacial score (nSPS) is 11.3. The zero-order valence-corrected chi connectivity index (χ0v) is 19.6. The van der Waals surface area contributed by atoms with E-state index in [4.69, 9.17) is 4.99 Å². The van der Waals surface area contributed by atoms with E-state index in [1.165, 1.54) is 24.0 Å². The largest absolute Gasteiger partial charge is 0.494 e. The number of carbonyl (C=O) groups is 2. The highest BCUT2D eigenvalue weighted by molar-refractivity contribution is 6.22. The van der Waals surface area contributed by atoms with Crippen LogP contribution in [0.4, 0.5) is 17.1 Å². The Labute approximate surface area is 206 Å². The molecule has 0 saturated carbocycles. The number of aliphatic imine (C=N–C) groups is 1. The second kappa shape index (κ2) is 10.1. The lowest BCUT2D eigenvalue weighted by Crippen LogP contribution is -2.37. The van der Waals surface area contributed by atoms with E-state index in [0.717, 1.165) is 0 Å². The number of nitrogens with one attached hydrogen (secondary N) is 2. The van der Waals surface area contributed by atoms with Gasteiger partial charge in [-0.3, -0.25) is 19.7 Å². The number of fused-ring (bicyclic) bond motifs is 1. The van der Waals surface area contributed by atoms with Crippen molar-refractivity contribution in [3.8, 4) is 5.88 Å². The average molecular weight is 486 g/mol. The van der Waals surface area contributed by atoms with Gasteiger partial charge in [0.05, 0.1) is 28.4 Å². The monoisotopic (exact) mass is 485 g/mol. The van der Waals surface area contributed by atoms with Gasteiger partial charge in [0.15, 0.2) is 5.88 Å². The van der Waals surface area contributed by atoms with Crippen molar-refractivity contribution in [2.24, 2.45) is 4.99 Å². The minimum absolute atomic E-state index is 0.105. The number of anilines is 1. The van der Waals surface area contributed by atoms with Crippen LogP contribution in [0.2, 0.25) is 0 Å². The van der Waals surface area contributed by atoms with E-state index in [2.05, 4.69) is 10.3 Å². The molecule has 0 aliphatic carbocycles. The second-order valence-corrected chi connectivity index (χ2v) is 8.04. The Morgan fingerprint density at radius 2 is 1.78 bits per heavy atom. The molecule has 4 aromatic rings. The van der Waals surface area contributed by atoms with Gasteiger partial charge in [-0.15, -0.1) is 0 Å². The first kappa shape index (κ1) is 24.1. The number of hydrogen-bond acceptors (Lipinski definition) is 6. The third kappa shape index (κ3) is 5.07. The summed E-state index contributed by atoms with van der Waals surface area (Å²) in [7, 11) is 1.61. The molecule has 0 spiro atoms. The van der Waals surface area contributed by atoms with E-state index < -0.39 is 4.92 Å². The van der Waals surface area contributed by atoms with Crippen molar-refractivity contribution >= 4 is 45.5 Å². The van der Waals surface area contributed by atoms with Crippen molar-refractivity contribution in [1.82, 2.24) is 10.3 Å². The maximum atomic E-state index is 12.3. The fraction of sp³-hybridized carbons (Fsp3) is 0.115. The number of benzene rings is 3. The molecule has 1 aromatic heterocycles. The predicted octanol–water partition coefficient (Wildman–Crippen LogP) is 4.05. The number of carbonyl (C=O) groups excluding carboxylic acids is 2. The molecule has 2 amide bonds. The molecule has 3 aromatic carbocycles. The van der Waals surface area contributed by atoms with Crippen molar-refractivity contribution < 1.29 is 19.6 Å². The lowest BCUT2D eigenvalue weighted by molar-refractivity contribution is -0.384. The molecule has 36 heavy (non-hydrogen) atoms. The van der Waals surface area contributed by atoms with E-state index in [-0.39, 0.29) is 29.9 Å². The van der Waals surface area contributed by atoms with Gasteiger partial charge in [0.25, 0.3) is 5.69 Å². The molecule has 182 valence electrons. The van der Waals surface area contributed by atoms with Crippen LogP contribution < -0.4 is 10.2 Å². The molecule has 0 fully saturated rings. The van der Waals surface area contributed by atoms with Gasteiger partial charge in [0.1, 0.15) is 0 Å². The number of nitro groups is 1. The van der Waals surface area contributed by atoms with E-state index >= 15 is 0 Å². The van der Waals surface area contributed by atoms with Crippen LogP contribution in [0.1, 0.15) is 18.1 Å². The molecule has 10 heteroatoms. The fourth-order valence-corrected chi connectivity index (χ4v) is 3.72. The fourth-order valence-electron chi connectivity index (χ4n) is 3.72. The average Bonchev–Trinajstić information content (AvgIpc) is 3.20. The number of hydrogen-bond donors (Lipinski definition) is 3. The number of nitro benzene ring substituents is 1. The van der Waals surface area contributed by atoms with Crippen LogP contribution in [-0.2, 0) is 9.59 Å². The van der Waals surface area contributed by atoms with Gasteiger partial charge in [-0.1, -0.05) is 30.3 Å². The molecule has 4 rings (SSSR count). The number of aromatic amines is 1. The maximum absolute atomic E-state index is 12.3. The third-order valence-corrected chi connectivity index (χ3v) is 5.60. The summed E-state index contributed by atoms with van der Waals surface area (Å²) in [5, 5.41) is 25.1. The van der Waals surface area contributed by atoms with Gasteiger partial charge in [-0.25, -0.2) is 4.99 Å². The number of aromatic hydroxyl groups is 1. The summed E-state index contributed by atoms with van der Waals surface area (Å²) < 4.78 is 0. The summed E-state index contributed by atoms with van der Waals surface area (Å²) in [6, 6.07) is 20.3. The minimum atomic E-state index is -0.491. The van der Waals surface area contributed by atoms with Crippen LogP contribution >= 0.6 is 0 Å². The highest BCUT2D eigenvalue weighted by Gasteiger charge is 2.21. The summed E-state index contributed by atoms with van der Waals surface area (Å²) in [6.07, 6.45) is 0. The zero-order chi connectivity index (χ0) is 25.8. The number of amides is 2. The van der Waals surface area contributed by atoms with Crippen LogP contribution in [0.15, 0.2) is 77.8 Å². The summed E-state index contributed by atoms with van der Waals surface area (Å²) in [4.78, 5) is 43.3. The number of rotatable bonds is 7. The standard InChI is InChI=1S/C26H23N5O5/c1-16(32)27-15-23(33)30(2)19-10-8-18(9-11-19)28-25(17-6-4-3-5-7-17)24-21-14-20(31(35)36)12-13-22(21)29-26(24)34/h3-14,29,34H,15H2,1-2H3,(H,27,32). The molecule has 0 saturated heterocycles. The van der Waals surface area contributed by atoms with Gasteiger partial charge in [-0.2, -0.15) is 0 Å². The molecule has 3 N–H and O–H groups in total. The smallest absolute Gasteiger partial charge is 0.270 e. The molecule has 0 aliphatic heterocycles. The van der Waals surface area contributed by atoms with Crippen LogP contribution in [0.3, 0.4) is 0 Å². The van der Waals surface area contributed by atoms with Crippen molar-refractivity contribution in [1.29, 1.82) is 0 Å². The Bertz CT molecular complexity index is 1480. The summed E-state index contributed by atoms with van der Waals surface area (Å²) in [5.74, 6) is -0.731. The zero-order valence-electron chi connectivity index (χ0n) is 19.6. The second-order valence-electron chi connectivity index (χ2n) is 8.04. The van der Waals surface area contributed by atoms with E-state index in [0.29, 0.717) is 39.1 Å². The molecule has 0 unspecified atom stereocenters. The molecule has 0 atom stereocenters. The van der Waals surface area contributed by atoms with E-state index in [9.17, 15) is 24.8 Å². The van der Waals surface area contributed by atoms with Crippen molar-refractivity contribution in [3.63, 3.8) is 0 Å².